The molecule has 0 bridgehead atoms. The first kappa shape index (κ1) is 53.2. The summed E-state index contributed by atoms with van der Waals surface area (Å²) in [6.07, 6.45) is 7.08. The number of ether oxygens (including phenoxy) is 1. The number of aromatic nitrogens is 6. The molecule has 8 nitrogen and oxygen atoms in total. The molecule has 9 rings (SSSR count). The van der Waals surface area contributed by atoms with Crippen molar-refractivity contribution in [3.63, 3.8) is 0 Å². The van der Waals surface area contributed by atoms with Crippen LogP contribution in [0, 0.1) is 0 Å². The number of esters is 1. The zero-order valence-corrected chi connectivity index (χ0v) is 38.6. The van der Waals surface area contributed by atoms with E-state index in [2.05, 4.69) is 44.2 Å². The molecule has 0 aliphatic carbocycles. The van der Waals surface area contributed by atoms with E-state index in [0.29, 0.717) is 17.0 Å². The third-order valence-corrected chi connectivity index (χ3v) is 8.85. The Morgan fingerprint density at radius 3 is 1.17 bits per heavy atom. The maximum atomic E-state index is 12.4. The van der Waals surface area contributed by atoms with Crippen LogP contribution in [0.1, 0.15) is 10.4 Å². The van der Waals surface area contributed by atoms with Crippen LogP contribution in [0.4, 0.5) is 50.4 Å². The summed E-state index contributed by atoms with van der Waals surface area (Å²) in [7, 11) is -19.9. The summed E-state index contributed by atoms with van der Waals surface area (Å²) in [5.41, 5.74) is 10.8. The minimum Gasteiger partial charge on any atom is -0.255 e. The Balaban J connectivity index is 0.000000203. The van der Waals surface area contributed by atoms with Gasteiger partial charge in [-0.1, -0.05) is 91.0 Å². The van der Waals surface area contributed by atoms with Gasteiger partial charge in [0.05, 0.1) is 57.9 Å². The number of carbonyl (C=O) groups is 1. The van der Waals surface area contributed by atoms with E-state index in [0.717, 1.165) is 66.8 Å². The number of para-hydroxylation sites is 2. The van der Waals surface area contributed by atoms with Crippen molar-refractivity contribution < 1.29 is 79.4 Å². The first-order valence-electron chi connectivity index (χ1n) is 19.4. The molecule has 0 spiro atoms. The minimum atomic E-state index is -10.7. The first-order chi connectivity index (χ1) is 31.5. The second-order valence-electron chi connectivity index (χ2n) is 14.2. The van der Waals surface area contributed by atoms with E-state index in [-0.39, 0.29) is 19.5 Å². The van der Waals surface area contributed by atoms with Gasteiger partial charge in [0.2, 0.25) is 0 Å². The van der Waals surface area contributed by atoms with Crippen LogP contribution < -0.4 is 0 Å². The van der Waals surface area contributed by atoms with Gasteiger partial charge in [-0.05, 0) is 71.8 Å². The van der Waals surface area contributed by atoms with E-state index < -0.39 is 21.6 Å². The molecule has 0 unspecified atom stereocenters. The summed E-state index contributed by atoms with van der Waals surface area (Å²) in [5, 5.41) is 2.02. The fourth-order valence-electron chi connectivity index (χ4n) is 6.28. The molecule has 0 saturated carbocycles. The summed E-state index contributed by atoms with van der Waals surface area (Å²) < 4.78 is 123. The maximum absolute atomic E-state index is 12.4. The number of benzene rings is 3. The van der Waals surface area contributed by atoms with Crippen molar-refractivity contribution >= 4 is 43.4 Å². The normalized spacial score (nSPS) is 13.1. The predicted octanol–water partition coefficient (Wildman–Crippen LogP) is 16.9. The van der Waals surface area contributed by atoms with Crippen molar-refractivity contribution in [3.05, 3.63) is 182 Å². The summed E-state index contributed by atoms with van der Waals surface area (Å²) in [4.78, 5) is 40.0. The maximum Gasteiger partial charge on any atom is 2.00 e. The monoisotopic (exact) mass is 1090 g/mol. The van der Waals surface area contributed by atoms with Gasteiger partial charge in [-0.25, -0.2) is 14.8 Å². The van der Waals surface area contributed by atoms with Crippen molar-refractivity contribution in [1.82, 2.24) is 29.9 Å². The SMILES string of the molecule is COC(=O)c1cc(-c2cccc3cccnc23)nc(-c2cccc3cccnc23)c1.F[P-](F)(F)(F)(F)F.F[P-](F)(F)(F)(F)F.[Ru+2].c1ccc(-c2cc(-c3ccccn3)nc(-c3ccccn3)c2)cc1. The van der Waals surface area contributed by atoms with Gasteiger partial charge in [0.15, 0.2) is 0 Å². The molecule has 0 aliphatic rings. The zero-order valence-electron chi connectivity index (χ0n) is 35.0. The Hall–Kier alpha value is -6.81. The molecule has 0 N–H and O–H groups in total. The third kappa shape index (κ3) is 18.0. The van der Waals surface area contributed by atoms with Gasteiger partial charge in [-0.3, -0.25) is 19.9 Å². The molecule has 6 heterocycles. The number of rotatable bonds is 6. The molecule has 6 aromatic heterocycles. The number of hydrogen-bond donors (Lipinski definition) is 0. The van der Waals surface area contributed by atoms with Gasteiger partial charge in [0.1, 0.15) is 0 Å². The van der Waals surface area contributed by atoms with Crippen molar-refractivity contribution in [1.29, 1.82) is 0 Å². The molecule has 0 fully saturated rings. The van der Waals surface area contributed by atoms with Gasteiger partial charge >= 0.3 is 91.4 Å². The van der Waals surface area contributed by atoms with Crippen LogP contribution in [-0.2, 0) is 24.2 Å². The summed E-state index contributed by atoms with van der Waals surface area (Å²) in [6.45, 7) is 0. The van der Waals surface area contributed by atoms with Gasteiger partial charge in [-0.2, -0.15) is 0 Å². The summed E-state index contributed by atoms with van der Waals surface area (Å²) >= 11 is 0. The van der Waals surface area contributed by atoms with E-state index in [1.54, 1.807) is 36.9 Å². The van der Waals surface area contributed by atoms with Crippen LogP contribution in [-0.4, -0.2) is 43.0 Å². The average molecular weight is 1090 g/mol. The molecule has 0 aliphatic heterocycles. The van der Waals surface area contributed by atoms with E-state index in [1.807, 2.05) is 115 Å². The predicted molar refractivity (Wildman–Crippen MR) is 240 cm³/mol. The van der Waals surface area contributed by atoms with Crippen LogP contribution in [0.3, 0.4) is 0 Å². The minimum absolute atomic E-state index is 0. The molecular formula is C46H32F12N6O2P2Ru. The van der Waals surface area contributed by atoms with Crippen molar-refractivity contribution in [2.75, 3.05) is 7.11 Å². The molecule has 0 atom stereocenters. The Bertz CT molecular complexity index is 2940. The van der Waals surface area contributed by atoms with Crippen LogP contribution in [0.25, 0.3) is 78.2 Å². The largest absolute Gasteiger partial charge is 2.00 e. The number of methoxy groups -OCH3 is 1. The smallest absolute Gasteiger partial charge is 0.255 e. The Morgan fingerprint density at radius 2 is 0.783 bits per heavy atom. The van der Waals surface area contributed by atoms with Crippen LogP contribution in [0.5, 0.6) is 0 Å². The van der Waals surface area contributed by atoms with Gasteiger partial charge in [0, 0.05) is 46.7 Å². The summed E-state index contributed by atoms with van der Waals surface area (Å²) in [5.74, 6) is -0.415. The molecule has 69 heavy (non-hydrogen) atoms. The number of carbonyl (C=O) groups excluding carboxylic acids is 1. The Kier molecular flexibility index (Phi) is 14.9. The standard InChI is InChI=1S/C25H17N3O2.C21H15N3.2F6P.Ru/c1-30-25(29)18-14-21(19-10-2-6-16-8-4-12-26-23(16)19)28-22(15-18)20-11-3-7-17-9-5-13-27-24(17)20;1-2-8-16(9-3-1)17-14-20(18-10-4-6-12-22-18)24-21(15-17)19-11-5-7-13-23-19;2*1-7(2,3,4,5)6;/h2-15H,1H3;1-15H;;;/q;;2*-1;+2. The van der Waals surface area contributed by atoms with E-state index in [9.17, 15) is 55.2 Å². The molecule has 0 radical (unpaired) electrons. The van der Waals surface area contributed by atoms with Gasteiger partial charge in [-0.15, -0.1) is 0 Å². The second-order valence-corrected chi connectivity index (χ2v) is 18.1. The Morgan fingerprint density at radius 1 is 0.406 bits per heavy atom. The van der Waals surface area contributed by atoms with Gasteiger partial charge < -0.3 is 4.74 Å². The summed E-state index contributed by atoms with van der Waals surface area (Å²) in [6, 6.07) is 49.3. The number of fused-ring (bicyclic) bond motifs is 2. The number of hydrogen-bond acceptors (Lipinski definition) is 8. The first-order valence-corrected chi connectivity index (χ1v) is 23.4. The average Bonchev–Trinajstić information content (AvgIpc) is 3.29. The second kappa shape index (κ2) is 19.3. The van der Waals surface area contributed by atoms with Crippen LogP contribution in [0.15, 0.2) is 176 Å². The van der Waals surface area contributed by atoms with Crippen molar-refractivity contribution in [2.24, 2.45) is 0 Å². The molecule has 0 amide bonds. The van der Waals surface area contributed by atoms with E-state index in [1.165, 1.54) is 7.11 Å². The Labute approximate surface area is 396 Å². The van der Waals surface area contributed by atoms with Crippen LogP contribution >= 0.6 is 15.6 Å². The topological polar surface area (TPSA) is 104 Å². The fraction of sp³-hybridized carbons (Fsp3) is 0.0217. The number of pyridine rings is 6. The number of nitrogens with zero attached hydrogens (tertiary/aromatic N) is 6. The van der Waals surface area contributed by atoms with E-state index in [4.69, 9.17) is 14.7 Å². The fourth-order valence-corrected chi connectivity index (χ4v) is 6.28. The van der Waals surface area contributed by atoms with Gasteiger partial charge in [0.25, 0.3) is 0 Å². The molecular weight excluding hydrogens is 1060 g/mol. The molecule has 0 saturated heterocycles. The molecule has 3 aromatic carbocycles. The van der Waals surface area contributed by atoms with Crippen molar-refractivity contribution in [2.45, 2.75) is 0 Å². The van der Waals surface area contributed by atoms with Crippen molar-refractivity contribution in [3.8, 4) is 56.4 Å². The molecule has 360 valence electrons. The quantitative estimate of drug-likeness (QED) is 0.0702. The number of halogens is 12. The van der Waals surface area contributed by atoms with E-state index >= 15 is 0 Å². The van der Waals surface area contributed by atoms with Crippen LogP contribution in [0.2, 0.25) is 0 Å². The molecule has 23 heteroatoms. The third-order valence-electron chi connectivity index (χ3n) is 8.85. The zero-order chi connectivity index (χ0) is 49.5. The molecule has 9 aromatic rings.